The van der Waals surface area contributed by atoms with Crippen LogP contribution in [0.2, 0.25) is 0 Å². The molecule has 0 aliphatic rings. The van der Waals surface area contributed by atoms with Gasteiger partial charge in [0.1, 0.15) is 0 Å². The summed E-state index contributed by atoms with van der Waals surface area (Å²) in [5.41, 5.74) is 4.11. The first-order valence-corrected chi connectivity index (χ1v) is 7.63. The summed E-state index contributed by atoms with van der Waals surface area (Å²) in [5.74, 6) is 0. The van der Waals surface area contributed by atoms with Crippen molar-refractivity contribution < 1.29 is 14.6 Å². The molecule has 2 aromatic carbocycles. The summed E-state index contributed by atoms with van der Waals surface area (Å²) in [5, 5.41) is 18.9. The number of hydrogen-bond acceptors (Lipinski definition) is 3. The number of hydrogen-bond donors (Lipinski definition) is 3. The molecule has 0 aromatic heterocycles. The highest BCUT2D eigenvalue weighted by molar-refractivity contribution is 7.86. The molecule has 6 heteroatoms. The first kappa shape index (κ1) is 15.7. The quantitative estimate of drug-likeness (QED) is 0.758. The van der Waals surface area contributed by atoms with E-state index in [4.69, 9.17) is 5.21 Å². The average molecular weight is 306 g/mol. The highest BCUT2D eigenvalue weighted by Gasteiger charge is 2.11. The number of nitrogens with one attached hydrogen (secondary N) is 2. The number of quaternary nitrogens is 1. The zero-order valence-electron chi connectivity index (χ0n) is 12.1. The second-order valence-electron chi connectivity index (χ2n) is 4.98. The molecule has 2 atom stereocenters. The lowest BCUT2D eigenvalue weighted by Gasteiger charge is -2.15. The molecule has 0 heterocycles. The number of benzene rings is 2. The van der Waals surface area contributed by atoms with Crippen LogP contribution >= 0.6 is 0 Å². The van der Waals surface area contributed by atoms with E-state index in [9.17, 15) is 9.42 Å². The van der Waals surface area contributed by atoms with Gasteiger partial charge in [-0.3, -0.25) is 0 Å². The van der Waals surface area contributed by atoms with Gasteiger partial charge in [-0.05, 0) is 38.0 Å². The lowest BCUT2D eigenvalue weighted by Crippen LogP contribution is -2.99. The Hall–Kier alpha value is -1.73. The molecule has 112 valence electrons. The zero-order valence-corrected chi connectivity index (χ0v) is 13.0. The van der Waals surface area contributed by atoms with Crippen LogP contribution in [-0.4, -0.2) is 9.42 Å². The maximum absolute atomic E-state index is 12.4. The van der Waals surface area contributed by atoms with Gasteiger partial charge in [-0.15, -0.1) is 0 Å². The Bertz CT molecular complexity index is 663. The van der Waals surface area contributed by atoms with Crippen LogP contribution < -0.4 is 9.95 Å². The minimum Gasteiger partial charge on any atom is -0.595 e. The third-order valence-corrected chi connectivity index (χ3v) is 4.24. The molecule has 2 aromatic rings. The van der Waals surface area contributed by atoms with Crippen molar-refractivity contribution in [3.05, 3.63) is 58.3 Å². The lowest BCUT2D eigenvalue weighted by atomic mass is 10.1. The zero-order chi connectivity index (χ0) is 15.6. The molecule has 0 aliphatic heterocycles. The first-order valence-electron chi connectivity index (χ1n) is 6.48. The van der Waals surface area contributed by atoms with Gasteiger partial charge in [-0.1, -0.05) is 23.8 Å². The van der Waals surface area contributed by atoms with Crippen LogP contribution in [-0.2, 0) is 11.0 Å². The molecule has 0 saturated carbocycles. The van der Waals surface area contributed by atoms with E-state index >= 15 is 0 Å². The maximum atomic E-state index is 12.4. The van der Waals surface area contributed by atoms with E-state index in [1.807, 2.05) is 32.9 Å². The van der Waals surface area contributed by atoms with Gasteiger partial charge >= 0.3 is 0 Å². The third-order valence-electron chi connectivity index (χ3n) is 3.17. The standard InChI is InChI=1S/C15H18N2O3S/c1-10-7-11(2)15(12(3)8-10)16-21(20)14-6-4-5-13(9-14)17(18)19/h4-9,16-18H,1-3H3. The molecule has 2 unspecified atom stereocenters. The van der Waals surface area contributed by atoms with E-state index in [0.29, 0.717) is 4.90 Å². The van der Waals surface area contributed by atoms with Gasteiger partial charge in [0.25, 0.3) is 0 Å². The second-order valence-corrected chi connectivity index (χ2v) is 6.19. The van der Waals surface area contributed by atoms with Crippen molar-refractivity contribution in [2.45, 2.75) is 25.7 Å². The van der Waals surface area contributed by atoms with Gasteiger partial charge in [0, 0.05) is 12.1 Å². The van der Waals surface area contributed by atoms with Crippen molar-refractivity contribution in [3.63, 3.8) is 0 Å². The Morgan fingerprint density at radius 2 is 1.76 bits per heavy atom. The van der Waals surface area contributed by atoms with Crippen LogP contribution in [0.15, 0.2) is 41.3 Å². The van der Waals surface area contributed by atoms with E-state index in [0.717, 1.165) is 22.4 Å². The summed E-state index contributed by atoms with van der Waals surface area (Å²) in [6.07, 6.45) is 0. The van der Waals surface area contributed by atoms with Gasteiger partial charge in [0.15, 0.2) is 16.7 Å². The molecular weight excluding hydrogens is 288 g/mol. The molecular formula is C15H18N2O3S. The molecule has 0 saturated heterocycles. The maximum Gasteiger partial charge on any atom is 0.165 e. The summed E-state index contributed by atoms with van der Waals surface area (Å²) in [6.45, 7) is 5.91. The Morgan fingerprint density at radius 1 is 1.14 bits per heavy atom. The van der Waals surface area contributed by atoms with Gasteiger partial charge in [0.2, 0.25) is 0 Å². The van der Waals surface area contributed by atoms with Gasteiger partial charge in [-0.2, -0.15) is 5.23 Å². The first-order chi connectivity index (χ1) is 9.88. The predicted molar refractivity (Wildman–Crippen MR) is 82.9 cm³/mol. The van der Waals surface area contributed by atoms with Crippen LogP contribution in [0, 0.1) is 26.0 Å². The van der Waals surface area contributed by atoms with E-state index in [2.05, 4.69) is 4.72 Å². The summed E-state index contributed by atoms with van der Waals surface area (Å²) >= 11 is 0. The SMILES string of the molecule is Cc1cc(C)c(NS(=O)c2cccc([NH+]([O-])O)c2)c(C)c1. The largest absolute Gasteiger partial charge is 0.595 e. The van der Waals surface area contributed by atoms with Gasteiger partial charge in [-0.25, -0.2) is 9.42 Å². The van der Waals surface area contributed by atoms with Crippen LogP contribution in [0.5, 0.6) is 0 Å². The molecule has 0 aliphatic carbocycles. The smallest absolute Gasteiger partial charge is 0.165 e. The highest BCUT2D eigenvalue weighted by Crippen LogP contribution is 2.24. The third kappa shape index (κ3) is 3.68. The van der Waals surface area contributed by atoms with Crippen molar-refractivity contribution >= 4 is 22.4 Å². The van der Waals surface area contributed by atoms with Crippen molar-refractivity contribution in [2.24, 2.45) is 0 Å². The van der Waals surface area contributed by atoms with Gasteiger partial charge in [0.05, 0.1) is 10.6 Å². The Labute approximate surface area is 126 Å². The molecule has 3 N–H and O–H groups in total. The monoisotopic (exact) mass is 306 g/mol. The van der Waals surface area contributed by atoms with E-state index < -0.39 is 16.2 Å². The van der Waals surface area contributed by atoms with Crippen molar-refractivity contribution in [1.82, 2.24) is 0 Å². The molecule has 0 amide bonds. The van der Waals surface area contributed by atoms with E-state index in [1.54, 1.807) is 12.1 Å². The molecule has 0 radical (unpaired) electrons. The van der Waals surface area contributed by atoms with Crippen molar-refractivity contribution in [1.29, 1.82) is 0 Å². The number of anilines is 1. The Kier molecular flexibility index (Phi) is 4.74. The molecule has 0 spiro atoms. The van der Waals surface area contributed by atoms with Gasteiger partial charge < -0.3 is 9.93 Å². The molecule has 2 rings (SSSR count). The predicted octanol–water partition coefficient (Wildman–Crippen LogP) is 2.15. The number of rotatable bonds is 4. The molecule has 0 bridgehead atoms. The Morgan fingerprint density at radius 3 is 2.33 bits per heavy atom. The summed E-state index contributed by atoms with van der Waals surface area (Å²) in [6, 6.07) is 10.2. The van der Waals surface area contributed by atoms with E-state index in [1.165, 1.54) is 12.1 Å². The summed E-state index contributed by atoms with van der Waals surface area (Å²) in [7, 11) is -1.50. The Balaban J connectivity index is 2.28. The van der Waals surface area contributed by atoms with Crippen molar-refractivity contribution in [3.8, 4) is 0 Å². The van der Waals surface area contributed by atoms with Crippen molar-refractivity contribution in [2.75, 3.05) is 4.72 Å². The number of aryl methyl sites for hydroxylation is 3. The normalized spacial score (nSPS) is 13.8. The molecule has 0 fully saturated rings. The summed E-state index contributed by atoms with van der Waals surface area (Å²) in [4.78, 5) is 0.439. The average Bonchev–Trinajstić information content (AvgIpc) is 2.42. The molecule has 5 nitrogen and oxygen atoms in total. The fourth-order valence-corrected chi connectivity index (χ4v) is 3.30. The van der Waals surface area contributed by atoms with Crippen LogP contribution in [0.4, 0.5) is 11.4 Å². The highest BCUT2D eigenvalue weighted by atomic mass is 32.2. The second kappa shape index (κ2) is 6.36. The van der Waals surface area contributed by atoms with E-state index in [-0.39, 0.29) is 5.69 Å². The van der Waals surface area contributed by atoms with Crippen LogP contribution in [0.25, 0.3) is 0 Å². The van der Waals surface area contributed by atoms with Crippen LogP contribution in [0.1, 0.15) is 16.7 Å². The minimum atomic E-state index is -1.50. The van der Waals surface area contributed by atoms with Crippen LogP contribution in [0.3, 0.4) is 0 Å². The topological polar surface area (TPSA) is 76.8 Å². The minimum absolute atomic E-state index is 0.125. The summed E-state index contributed by atoms with van der Waals surface area (Å²) < 4.78 is 15.4. The molecule has 21 heavy (non-hydrogen) atoms. The lowest BCUT2D eigenvalue weighted by molar-refractivity contribution is -0.991. The fourth-order valence-electron chi connectivity index (χ4n) is 2.24. The fraction of sp³-hybridized carbons (Fsp3) is 0.200.